The van der Waals surface area contributed by atoms with Gasteiger partial charge in [0.1, 0.15) is 0 Å². The first-order valence-corrected chi connectivity index (χ1v) is 8.50. The Kier molecular flexibility index (Phi) is 5.14. The SMILES string of the molecule is C=C1CC[C@H]2C/C=C(\C)[C@H](O)C/C=C(\C)CC[C@H]1C2(C)C. The Hall–Kier alpha value is -0.820. The van der Waals surface area contributed by atoms with E-state index in [1.165, 1.54) is 30.4 Å². The Balaban J connectivity index is 2.30. The molecule has 1 fully saturated rings. The molecular weight excluding hydrogens is 256 g/mol. The van der Waals surface area contributed by atoms with E-state index in [2.05, 4.69) is 46.4 Å². The molecule has 0 unspecified atom stereocenters. The van der Waals surface area contributed by atoms with Gasteiger partial charge < -0.3 is 5.11 Å². The maximum atomic E-state index is 10.2. The number of allylic oxidation sites excluding steroid dienone is 3. The molecule has 0 amide bonds. The summed E-state index contributed by atoms with van der Waals surface area (Å²) in [5.74, 6) is 1.34. The summed E-state index contributed by atoms with van der Waals surface area (Å²) >= 11 is 0. The first-order chi connectivity index (χ1) is 9.82. The molecule has 118 valence electrons. The van der Waals surface area contributed by atoms with Crippen molar-refractivity contribution >= 4 is 0 Å². The van der Waals surface area contributed by atoms with Crippen LogP contribution in [0.25, 0.3) is 0 Å². The number of hydrogen-bond donors (Lipinski definition) is 1. The third-order valence-corrected chi connectivity index (χ3v) is 6.02. The van der Waals surface area contributed by atoms with Crippen LogP contribution < -0.4 is 0 Å². The molecule has 21 heavy (non-hydrogen) atoms. The van der Waals surface area contributed by atoms with Crippen LogP contribution in [-0.2, 0) is 0 Å². The molecule has 0 aromatic heterocycles. The van der Waals surface area contributed by atoms with Gasteiger partial charge in [-0.2, -0.15) is 0 Å². The lowest BCUT2D eigenvalue weighted by atomic mass is 9.58. The van der Waals surface area contributed by atoms with E-state index in [0.29, 0.717) is 17.3 Å². The topological polar surface area (TPSA) is 20.2 Å². The molecule has 2 bridgehead atoms. The second kappa shape index (κ2) is 6.52. The third kappa shape index (κ3) is 3.69. The van der Waals surface area contributed by atoms with Gasteiger partial charge in [0, 0.05) is 0 Å². The summed E-state index contributed by atoms with van der Waals surface area (Å²) in [6.07, 6.45) is 10.8. The van der Waals surface area contributed by atoms with Crippen molar-refractivity contribution < 1.29 is 5.11 Å². The summed E-state index contributed by atoms with van der Waals surface area (Å²) in [5, 5.41) is 10.2. The first-order valence-electron chi connectivity index (χ1n) is 8.50. The van der Waals surface area contributed by atoms with Gasteiger partial charge >= 0.3 is 0 Å². The highest BCUT2D eigenvalue weighted by molar-refractivity contribution is 5.16. The van der Waals surface area contributed by atoms with Crippen LogP contribution in [0.4, 0.5) is 0 Å². The predicted octanol–water partition coefficient (Wildman–Crippen LogP) is 5.42. The first kappa shape index (κ1) is 16.5. The van der Waals surface area contributed by atoms with Gasteiger partial charge in [0.25, 0.3) is 0 Å². The van der Waals surface area contributed by atoms with E-state index in [1.54, 1.807) is 0 Å². The van der Waals surface area contributed by atoms with E-state index in [4.69, 9.17) is 0 Å². The second-order valence-electron chi connectivity index (χ2n) is 7.79. The second-order valence-corrected chi connectivity index (χ2v) is 7.79. The van der Waals surface area contributed by atoms with Crippen LogP contribution in [-0.4, -0.2) is 11.2 Å². The Morgan fingerprint density at radius 2 is 1.81 bits per heavy atom. The van der Waals surface area contributed by atoms with Gasteiger partial charge in [-0.25, -0.2) is 0 Å². The van der Waals surface area contributed by atoms with Crippen LogP contribution in [0.15, 0.2) is 35.5 Å². The van der Waals surface area contributed by atoms with Gasteiger partial charge in [0.05, 0.1) is 6.10 Å². The van der Waals surface area contributed by atoms with Crippen LogP contribution in [0.5, 0.6) is 0 Å². The van der Waals surface area contributed by atoms with Gasteiger partial charge in [0.15, 0.2) is 0 Å². The van der Waals surface area contributed by atoms with Gasteiger partial charge in [-0.05, 0) is 75.2 Å². The van der Waals surface area contributed by atoms with Gasteiger partial charge in [-0.1, -0.05) is 43.7 Å². The van der Waals surface area contributed by atoms with E-state index in [-0.39, 0.29) is 6.10 Å². The van der Waals surface area contributed by atoms with Crippen molar-refractivity contribution in [2.24, 2.45) is 17.3 Å². The summed E-state index contributed by atoms with van der Waals surface area (Å²) in [7, 11) is 0. The molecule has 2 rings (SSSR count). The van der Waals surface area contributed by atoms with E-state index < -0.39 is 0 Å². The van der Waals surface area contributed by atoms with Crippen molar-refractivity contribution in [3.05, 3.63) is 35.5 Å². The summed E-state index contributed by atoms with van der Waals surface area (Å²) in [4.78, 5) is 0. The fourth-order valence-electron chi connectivity index (χ4n) is 4.15. The molecule has 0 aromatic carbocycles. The van der Waals surface area contributed by atoms with Crippen LogP contribution in [0.2, 0.25) is 0 Å². The standard InChI is InChI=1S/C20H32O/c1-14-6-12-18-15(2)8-10-17(20(18,4)5)11-9-16(3)19(21)13-7-14/h7,9,17-19,21H,2,6,8,10-13H2,1,3-5H3/b14-7+,16-9+/t17-,18+,19+/m0/s1. The number of aliphatic hydroxyl groups excluding tert-OH is 1. The highest BCUT2D eigenvalue weighted by atomic mass is 16.3. The Bertz CT molecular complexity index is 452. The van der Waals surface area contributed by atoms with Crippen molar-refractivity contribution in [2.45, 2.75) is 72.3 Å². The lowest BCUT2D eigenvalue weighted by Crippen LogP contribution is -2.37. The van der Waals surface area contributed by atoms with Gasteiger partial charge in [-0.15, -0.1) is 0 Å². The minimum Gasteiger partial charge on any atom is -0.388 e. The largest absolute Gasteiger partial charge is 0.388 e. The maximum absolute atomic E-state index is 10.2. The quantitative estimate of drug-likeness (QED) is 0.590. The van der Waals surface area contributed by atoms with Gasteiger partial charge in [0.2, 0.25) is 0 Å². The van der Waals surface area contributed by atoms with Crippen molar-refractivity contribution in [3.8, 4) is 0 Å². The molecule has 2 aliphatic rings. The molecule has 0 aromatic rings. The van der Waals surface area contributed by atoms with Crippen LogP contribution >= 0.6 is 0 Å². The van der Waals surface area contributed by atoms with Crippen molar-refractivity contribution in [1.29, 1.82) is 0 Å². The minimum atomic E-state index is -0.308. The Morgan fingerprint density at radius 3 is 2.52 bits per heavy atom. The summed E-state index contributed by atoms with van der Waals surface area (Å²) in [6.45, 7) is 13.5. The minimum absolute atomic E-state index is 0.308. The Labute approximate surface area is 130 Å². The molecule has 0 heterocycles. The van der Waals surface area contributed by atoms with Crippen molar-refractivity contribution in [1.82, 2.24) is 0 Å². The molecule has 0 saturated heterocycles. The number of hydrogen-bond acceptors (Lipinski definition) is 1. The summed E-state index contributed by atoms with van der Waals surface area (Å²) in [6, 6.07) is 0. The average Bonchev–Trinajstić information content (AvgIpc) is 2.41. The fourth-order valence-corrected chi connectivity index (χ4v) is 4.15. The molecule has 1 N–H and O–H groups in total. The predicted molar refractivity (Wildman–Crippen MR) is 91.1 cm³/mol. The number of rotatable bonds is 0. The van der Waals surface area contributed by atoms with Gasteiger partial charge in [-0.3, -0.25) is 0 Å². The zero-order valence-corrected chi connectivity index (χ0v) is 14.3. The maximum Gasteiger partial charge on any atom is 0.0781 e. The van der Waals surface area contributed by atoms with Crippen LogP contribution in [0.1, 0.15) is 66.2 Å². The van der Waals surface area contributed by atoms with E-state index >= 15 is 0 Å². The highest BCUT2D eigenvalue weighted by Gasteiger charge is 2.41. The fraction of sp³-hybridized carbons (Fsp3) is 0.700. The summed E-state index contributed by atoms with van der Waals surface area (Å²) in [5.41, 5.74) is 4.32. The lowest BCUT2D eigenvalue weighted by Gasteiger charge is -2.47. The van der Waals surface area contributed by atoms with Crippen molar-refractivity contribution in [2.75, 3.05) is 0 Å². The molecule has 1 saturated carbocycles. The highest BCUT2D eigenvalue weighted by Crippen LogP contribution is 2.51. The zero-order chi connectivity index (χ0) is 15.6. The van der Waals surface area contributed by atoms with Crippen LogP contribution in [0.3, 0.4) is 0 Å². The van der Waals surface area contributed by atoms with Crippen molar-refractivity contribution in [3.63, 3.8) is 0 Å². The van der Waals surface area contributed by atoms with E-state index in [1.807, 2.05) is 0 Å². The molecule has 0 radical (unpaired) electrons. The van der Waals surface area contributed by atoms with E-state index in [0.717, 1.165) is 24.8 Å². The number of aliphatic hydroxyl groups is 1. The molecule has 3 atom stereocenters. The molecule has 1 heteroatoms. The number of fused-ring (bicyclic) bond motifs is 2. The molecule has 0 spiro atoms. The average molecular weight is 288 g/mol. The molecule has 0 aliphatic heterocycles. The Morgan fingerprint density at radius 1 is 1.10 bits per heavy atom. The van der Waals surface area contributed by atoms with E-state index in [9.17, 15) is 5.11 Å². The van der Waals surface area contributed by atoms with Crippen LogP contribution in [0, 0.1) is 17.3 Å². The summed E-state index contributed by atoms with van der Waals surface area (Å²) < 4.78 is 0. The smallest absolute Gasteiger partial charge is 0.0781 e. The normalized spacial score (nSPS) is 39.3. The zero-order valence-electron chi connectivity index (χ0n) is 14.3. The lowest BCUT2D eigenvalue weighted by molar-refractivity contribution is 0.0944. The third-order valence-electron chi connectivity index (χ3n) is 6.02. The molecule has 2 aliphatic carbocycles. The molecule has 1 nitrogen and oxygen atoms in total. The monoisotopic (exact) mass is 288 g/mol. The molecular formula is C20H32O.